The number of hydrogen-bond acceptors (Lipinski definition) is 5. The van der Waals surface area contributed by atoms with Gasteiger partial charge >= 0.3 is 6.18 Å². The highest BCUT2D eigenvalue weighted by atomic mass is 19.4. The standard InChI is InChI=1S/C17H20F3N5O2/c1-27-13-4-6-24(7-5-13)9-16(26)23-14-8-12(17(18,19)20)2-3-15(14)25-11-21-10-22-25/h2-3,8,10-11,13H,4-7,9H2,1H3,(H,23,26). The summed E-state index contributed by atoms with van der Waals surface area (Å²) in [4.78, 5) is 18.2. The lowest BCUT2D eigenvalue weighted by molar-refractivity contribution is -0.137. The van der Waals surface area contributed by atoms with Crippen LogP contribution in [-0.4, -0.2) is 58.4 Å². The van der Waals surface area contributed by atoms with E-state index in [9.17, 15) is 18.0 Å². The largest absolute Gasteiger partial charge is 0.416 e. The molecule has 2 aromatic rings. The summed E-state index contributed by atoms with van der Waals surface area (Å²) in [5.74, 6) is -0.383. The zero-order valence-electron chi connectivity index (χ0n) is 14.7. The minimum Gasteiger partial charge on any atom is -0.381 e. The van der Waals surface area contributed by atoms with Gasteiger partial charge in [0.15, 0.2) is 0 Å². The number of methoxy groups -OCH3 is 1. The zero-order chi connectivity index (χ0) is 19.4. The van der Waals surface area contributed by atoms with E-state index in [1.165, 1.54) is 23.4 Å². The predicted molar refractivity (Wildman–Crippen MR) is 91.5 cm³/mol. The Morgan fingerprint density at radius 3 is 2.67 bits per heavy atom. The highest BCUT2D eigenvalue weighted by molar-refractivity contribution is 5.94. The van der Waals surface area contributed by atoms with E-state index in [0.717, 1.165) is 25.0 Å². The van der Waals surface area contributed by atoms with Crippen molar-refractivity contribution in [2.24, 2.45) is 0 Å². The molecule has 1 N–H and O–H groups in total. The molecule has 146 valence electrons. The number of alkyl halides is 3. The lowest BCUT2D eigenvalue weighted by atomic mass is 10.1. The van der Waals surface area contributed by atoms with Gasteiger partial charge in [-0.15, -0.1) is 0 Å². The number of aromatic nitrogens is 3. The van der Waals surface area contributed by atoms with Crippen LogP contribution in [0.1, 0.15) is 18.4 Å². The van der Waals surface area contributed by atoms with E-state index < -0.39 is 11.7 Å². The molecular formula is C17H20F3N5O2. The van der Waals surface area contributed by atoms with Crippen molar-refractivity contribution in [1.29, 1.82) is 0 Å². The normalized spacial score (nSPS) is 16.4. The number of anilines is 1. The molecule has 0 bridgehead atoms. The maximum atomic E-state index is 13.1. The Bertz CT molecular complexity index is 771. The fourth-order valence-electron chi connectivity index (χ4n) is 3.04. The second kappa shape index (κ2) is 8.05. The van der Waals surface area contributed by atoms with Crippen LogP contribution in [0.5, 0.6) is 0 Å². The van der Waals surface area contributed by atoms with E-state index in [1.54, 1.807) is 7.11 Å². The molecule has 1 saturated heterocycles. The first-order valence-electron chi connectivity index (χ1n) is 8.48. The molecule has 1 aromatic carbocycles. The van der Waals surface area contributed by atoms with Crippen LogP contribution in [0.4, 0.5) is 18.9 Å². The third-order valence-electron chi connectivity index (χ3n) is 4.50. The molecule has 1 fully saturated rings. The minimum atomic E-state index is -4.51. The summed E-state index contributed by atoms with van der Waals surface area (Å²) in [6, 6.07) is 3.12. The molecule has 0 saturated carbocycles. The summed E-state index contributed by atoms with van der Waals surface area (Å²) in [6.45, 7) is 1.50. The number of carbonyl (C=O) groups is 1. The van der Waals surface area contributed by atoms with E-state index in [1.807, 2.05) is 4.90 Å². The Morgan fingerprint density at radius 2 is 2.07 bits per heavy atom. The second-order valence-electron chi connectivity index (χ2n) is 6.33. The van der Waals surface area contributed by atoms with Gasteiger partial charge in [0.25, 0.3) is 0 Å². The molecule has 1 aliphatic heterocycles. The molecule has 0 spiro atoms. The Morgan fingerprint density at radius 1 is 1.33 bits per heavy atom. The smallest absolute Gasteiger partial charge is 0.381 e. The van der Waals surface area contributed by atoms with Crippen molar-refractivity contribution in [1.82, 2.24) is 19.7 Å². The molecule has 1 aromatic heterocycles. The van der Waals surface area contributed by atoms with Crippen LogP contribution in [0.15, 0.2) is 30.9 Å². The summed E-state index contributed by atoms with van der Waals surface area (Å²) >= 11 is 0. The first kappa shape index (κ1) is 19.3. The molecule has 0 radical (unpaired) electrons. The maximum Gasteiger partial charge on any atom is 0.416 e. The van der Waals surface area contributed by atoms with Crippen molar-refractivity contribution in [2.75, 3.05) is 32.1 Å². The van der Waals surface area contributed by atoms with Crippen LogP contribution in [0.3, 0.4) is 0 Å². The number of hydrogen-bond donors (Lipinski definition) is 1. The molecule has 1 aliphatic rings. The Kier molecular flexibility index (Phi) is 5.76. The van der Waals surface area contributed by atoms with Gasteiger partial charge in [-0.05, 0) is 31.0 Å². The summed E-state index contributed by atoms with van der Waals surface area (Å²) in [5.41, 5.74) is -0.499. The monoisotopic (exact) mass is 383 g/mol. The first-order chi connectivity index (χ1) is 12.9. The number of rotatable bonds is 5. The molecule has 1 amide bonds. The number of nitrogens with zero attached hydrogens (tertiary/aromatic N) is 4. The molecular weight excluding hydrogens is 363 g/mol. The second-order valence-corrected chi connectivity index (χ2v) is 6.33. The number of halogens is 3. The van der Waals surface area contributed by atoms with Gasteiger partial charge in [-0.25, -0.2) is 9.67 Å². The molecule has 3 rings (SSSR count). The van der Waals surface area contributed by atoms with E-state index >= 15 is 0 Å². The first-order valence-corrected chi connectivity index (χ1v) is 8.48. The third-order valence-corrected chi connectivity index (χ3v) is 4.50. The van der Waals surface area contributed by atoms with Crippen LogP contribution < -0.4 is 5.32 Å². The topological polar surface area (TPSA) is 72.3 Å². The van der Waals surface area contributed by atoms with Crippen LogP contribution >= 0.6 is 0 Å². The number of ether oxygens (including phenoxy) is 1. The Labute approximate surface area is 154 Å². The van der Waals surface area contributed by atoms with Crippen molar-refractivity contribution >= 4 is 11.6 Å². The Hall–Kier alpha value is -2.46. The van der Waals surface area contributed by atoms with Crippen LogP contribution in [0, 0.1) is 0 Å². The van der Waals surface area contributed by atoms with E-state index in [-0.39, 0.29) is 24.2 Å². The molecule has 10 heteroatoms. The number of amides is 1. The van der Waals surface area contributed by atoms with Gasteiger partial charge < -0.3 is 10.1 Å². The minimum absolute atomic E-state index is 0.0344. The van der Waals surface area contributed by atoms with Crippen molar-refractivity contribution in [3.63, 3.8) is 0 Å². The average molecular weight is 383 g/mol. The van der Waals surface area contributed by atoms with E-state index in [0.29, 0.717) is 18.8 Å². The van der Waals surface area contributed by atoms with E-state index in [2.05, 4.69) is 15.4 Å². The van der Waals surface area contributed by atoms with Crippen molar-refractivity contribution < 1.29 is 22.7 Å². The lowest BCUT2D eigenvalue weighted by Crippen LogP contribution is -2.41. The van der Waals surface area contributed by atoms with Crippen LogP contribution in [0.25, 0.3) is 5.69 Å². The maximum absolute atomic E-state index is 13.1. The SMILES string of the molecule is COC1CCN(CC(=O)Nc2cc(C(F)(F)F)ccc2-n2cncn2)CC1. The van der Waals surface area contributed by atoms with E-state index in [4.69, 9.17) is 4.74 Å². The highest BCUT2D eigenvalue weighted by Gasteiger charge is 2.31. The molecule has 27 heavy (non-hydrogen) atoms. The van der Waals surface area contributed by atoms with Crippen LogP contribution in [0.2, 0.25) is 0 Å². The van der Waals surface area contributed by atoms with Crippen molar-refractivity contribution in [2.45, 2.75) is 25.1 Å². The van der Waals surface area contributed by atoms with Crippen molar-refractivity contribution in [3.05, 3.63) is 36.4 Å². The fraction of sp³-hybridized carbons (Fsp3) is 0.471. The molecule has 0 unspecified atom stereocenters. The third kappa shape index (κ3) is 4.83. The summed E-state index contributed by atoms with van der Waals surface area (Å²) < 4.78 is 45.8. The molecule has 2 heterocycles. The van der Waals surface area contributed by atoms with Gasteiger partial charge in [-0.2, -0.15) is 18.3 Å². The van der Waals surface area contributed by atoms with Gasteiger partial charge in [0.05, 0.1) is 29.6 Å². The summed E-state index contributed by atoms with van der Waals surface area (Å²) in [7, 11) is 1.66. The molecule has 0 aliphatic carbocycles. The lowest BCUT2D eigenvalue weighted by Gasteiger charge is -2.30. The summed E-state index contributed by atoms with van der Waals surface area (Å²) in [6.07, 6.45) is -0.0687. The van der Waals surface area contributed by atoms with Gasteiger partial charge in [-0.1, -0.05) is 0 Å². The average Bonchev–Trinajstić information content (AvgIpc) is 3.16. The number of piperidine rings is 1. The van der Waals surface area contributed by atoms with Gasteiger partial charge in [0.2, 0.25) is 5.91 Å². The quantitative estimate of drug-likeness (QED) is 0.858. The van der Waals surface area contributed by atoms with Gasteiger partial charge in [0, 0.05) is 20.2 Å². The van der Waals surface area contributed by atoms with Gasteiger partial charge in [0.1, 0.15) is 12.7 Å². The fourth-order valence-corrected chi connectivity index (χ4v) is 3.04. The molecule has 7 nitrogen and oxygen atoms in total. The highest BCUT2D eigenvalue weighted by Crippen LogP contribution is 2.33. The number of benzene rings is 1. The zero-order valence-corrected chi connectivity index (χ0v) is 14.7. The van der Waals surface area contributed by atoms with Crippen molar-refractivity contribution in [3.8, 4) is 5.69 Å². The van der Waals surface area contributed by atoms with Crippen LogP contribution in [-0.2, 0) is 15.7 Å². The summed E-state index contributed by atoms with van der Waals surface area (Å²) in [5, 5.41) is 6.51. The number of nitrogens with one attached hydrogen (secondary N) is 1. The molecule has 0 atom stereocenters. The predicted octanol–water partition coefficient (Wildman–Crippen LogP) is 2.34. The number of carbonyl (C=O) groups excluding carboxylic acids is 1. The Balaban J connectivity index is 1.75. The number of likely N-dealkylation sites (tertiary alicyclic amines) is 1. The van der Waals surface area contributed by atoms with Gasteiger partial charge in [-0.3, -0.25) is 9.69 Å².